The van der Waals surface area contributed by atoms with Gasteiger partial charge in [-0.1, -0.05) is 0 Å². The summed E-state index contributed by atoms with van der Waals surface area (Å²) in [4.78, 5) is 19.1. The summed E-state index contributed by atoms with van der Waals surface area (Å²) in [7, 11) is 0.295. The SMILES string of the molecule is Fc1ccc2c(c1)C1=NC/2=N\c2c3cc(F)ccc3c3n2Bn2c(c4cc(F)ccc4/c2=N/1)=N3. The molecule has 0 saturated carbocycles. The van der Waals surface area contributed by atoms with Crippen molar-refractivity contribution in [1.29, 1.82) is 0 Å². The second-order valence-corrected chi connectivity index (χ2v) is 8.46. The molecular weight excluding hydrogens is 440 g/mol. The van der Waals surface area contributed by atoms with Crippen LogP contribution in [-0.2, 0) is 0 Å². The molecule has 5 heterocycles. The lowest BCUT2D eigenvalue weighted by Gasteiger charge is -2.14. The minimum absolute atomic E-state index is 0.295. The van der Waals surface area contributed by atoms with E-state index in [1.807, 2.05) is 8.96 Å². The van der Waals surface area contributed by atoms with Crippen molar-refractivity contribution in [2.75, 3.05) is 0 Å². The molecule has 0 spiro atoms. The number of amidine groups is 2. The largest absolute Gasteiger partial charge is 0.371 e. The molecule has 5 aromatic rings. The molecule has 4 bridgehead atoms. The van der Waals surface area contributed by atoms with Gasteiger partial charge in [-0.05, 0) is 54.6 Å². The standard InChI is InChI=1S/C24H10BF3N6/c26-10-1-4-13-16(7-10)20-29-19(13)30-23-17-8-11(27)3-6-15(17)22-32-24-18-9-12(28)2-5-14(18)21(31-20)33(24)25-34(22)23/h1-9,25H/b30-19-,30-23?,31-20?,31-21-. The minimum atomic E-state index is -0.418. The van der Waals surface area contributed by atoms with Crippen molar-refractivity contribution in [2.45, 2.75) is 0 Å². The van der Waals surface area contributed by atoms with Crippen LogP contribution in [-0.4, -0.2) is 28.2 Å². The smallest absolute Gasteiger partial charge is 0.336 e. The van der Waals surface area contributed by atoms with Crippen molar-refractivity contribution in [3.63, 3.8) is 0 Å². The number of hydrogen-bond donors (Lipinski definition) is 0. The van der Waals surface area contributed by atoms with Gasteiger partial charge < -0.3 is 8.96 Å². The van der Waals surface area contributed by atoms with Gasteiger partial charge in [0.1, 0.15) is 40.1 Å². The number of aromatic nitrogens is 2. The molecule has 3 aromatic carbocycles. The molecule has 10 heteroatoms. The summed E-state index contributed by atoms with van der Waals surface area (Å²) in [5, 5.41) is 2.60. The predicted molar refractivity (Wildman–Crippen MR) is 123 cm³/mol. The molecule has 0 atom stereocenters. The molecule has 0 radical (unpaired) electrons. The van der Waals surface area contributed by atoms with Crippen LogP contribution in [0.2, 0.25) is 0 Å². The Morgan fingerprint density at radius 2 is 1.18 bits per heavy atom. The summed E-state index contributed by atoms with van der Waals surface area (Å²) in [5.41, 5.74) is 2.21. The quantitative estimate of drug-likeness (QED) is 0.319. The Balaban J connectivity index is 1.64. The van der Waals surface area contributed by atoms with Crippen LogP contribution in [0, 0.1) is 17.5 Å². The van der Waals surface area contributed by atoms with E-state index in [0.717, 1.165) is 5.39 Å². The predicted octanol–water partition coefficient (Wildman–Crippen LogP) is 3.41. The van der Waals surface area contributed by atoms with Crippen LogP contribution in [0.3, 0.4) is 0 Å². The Morgan fingerprint density at radius 1 is 0.529 bits per heavy atom. The number of aliphatic imine (C=N–C) groups is 2. The topological polar surface area (TPSA) is 59.3 Å². The number of benzene rings is 3. The third-order valence-electron chi connectivity index (χ3n) is 6.54. The highest BCUT2D eigenvalue weighted by atomic mass is 19.1. The molecule has 3 aliphatic heterocycles. The van der Waals surface area contributed by atoms with Gasteiger partial charge in [0, 0.05) is 32.7 Å². The molecular formula is C24H10BF3N6. The van der Waals surface area contributed by atoms with Crippen LogP contribution < -0.4 is 11.0 Å². The van der Waals surface area contributed by atoms with Crippen LogP contribution in [0.4, 0.5) is 24.8 Å². The average Bonchev–Trinajstić information content (AvgIpc) is 3.42. The second kappa shape index (κ2) is 5.90. The van der Waals surface area contributed by atoms with Gasteiger partial charge in [0.2, 0.25) is 0 Å². The summed E-state index contributed by atoms with van der Waals surface area (Å²) in [6, 6.07) is 13.3. The minimum Gasteiger partial charge on any atom is -0.336 e. The maximum absolute atomic E-state index is 14.3. The van der Waals surface area contributed by atoms with Crippen molar-refractivity contribution in [3.8, 4) is 0 Å². The van der Waals surface area contributed by atoms with Crippen LogP contribution >= 0.6 is 0 Å². The van der Waals surface area contributed by atoms with E-state index in [9.17, 15) is 13.2 Å². The molecule has 0 amide bonds. The van der Waals surface area contributed by atoms with E-state index >= 15 is 0 Å². The highest BCUT2D eigenvalue weighted by Crippen LogP contribution is 2.39. The first-order valence-electron chi connectivity index (χ1n) is 10.6. The van der Waals surface area contributed by atoms with E-state index in [4.69, 9.17) is 15.0 Å². The zero-order valence-corrected chi connectivity index (χ0v) is 17.2. The highest BCUT2D eigenvalue weighted by molar-refractivity contribution is 6.37. The number of halogens is 3. The number of rotatable bonds is 0. The monoisotopic (exact) mass is 450 g/mol. The molecule has 0 aliphatic carbocycles. The molecule has 0 unspecified atom stereocenters. The van der Waals surface area contributed by atoms with Crippen molar-refractivity contribution in [3.05, 3.63) is 94.2 Å². The molecule has 6 nitrogen and oxygen atoms in total. The van der Waals surface area contributed by atoms with Crippen LogP contribution in [0.1, 0.15) is 11.1 Å². The molecule has 34 heavy (non-hydrogen) atoms. The van der Waals surface area contributed by atoms with Crippen molar-refractivity contribution < 1.29 is 13.2 Å². The summed E-state index contributed by atoms with van der Waals surface area (Å²) >= 11 is 0. The Morgan fingerprint density at radius 3 is 2.03 bits per heavy atom. The number of fused-ring (bicyclic) bond motifs is 10. The van der Waals surface area contributed by atoms with Crippen molar-refractivity contribution in [2.24, 2.45) is 20.0 Å². The zero-order chi connectivity index (χ0) is 22.7. The molecule has 0 N–H and O–H groups in total. The third kappa shape index (κ3) is 2.17. The van der Waals surface area contributed by atoms with Gasteiger partial charge in [0.15, 0.2) is 11.7 Å². The lowest BCUT2D eigenvalue weighted by atomic mass is 10.1. The number of hydrogen-bond acceptors (Lipinski definition) is 4. The third-order valence-corrected chi connectivity index (χ3v) is 6.54. The summed E-state index contributed by atoms with van der Waals surface area (Å²) < 4.78 is 46.5. The molecule has 8 rings (SSSR count). The maximum atomic E-state index is 14.3. The summed E-state index contributed by atoms with van der Waals surface area (Å²) in [6.45, 7) is 0. The van der Waals surface area contributed by atoms with E-state index in [-0.39, 0.29) is 0 Å². The Hall–Kier alpha value is -4.47. The fourth-order valence-corrected chi connectivity index (χ4v) is 5.06. The number of nitrogens with zero attached hydrogens (tertiary/aromatic N) is 6. The van der Waals surface area contributed by atoms with Gasteiger partial charge >= 0.3 is 7.55 Å². The fourth-order valence-electron chi connectivity index (χ4n) is 5.06. The Bertz CT molecular complexity index is 1980. The van der Waals surface area contributed by atoms with E-state index < -0.39 is 17.5 Å². The van der Waals surface area contributed by atoms with E-state index in [1.165, 1.54) is 36.4 Å². The summed E-state index contributed by atoms with van der Waals surface area (Å²) in [6.07, 6.45) is 0. The highest BCUT2D eigenvalue weighted by Gasteiger charge is 2.29. The van der Waals surface area contributed by atoms with Gasteiger partial charge in [-0.3, -0.25) is 0 Å². The molecule has 2 aromatic heterocycles. The normalized spacial score (nSPS) is 17.3. The molecule has 0 fully saturated rings. The van der Waals surface area contributed by atoms with Crippen LogP contribution in [0.15, 0.2) is 74.6 Å². The van der Waals surface area contributed by atoms with Gasteiger partial charge in [-0.15, -0.1) is 0 Å². The van der Waals surface area contributed by atoms with Gasteiger partial charge in [0.05, 0.1) is 0 Å². The Kier molecular flexibility index (Phi) is 3.13. The molecule has 160 valence electrons. The first-order valence-corrected chi connectivity index (χ1v) is 10.6. The lowest BCUT2D eigenvalue weighted by molar-refractivity contribution is 0.627. The van der Waals surface area contributed by atoms with Gasteiger partial charge in [-0.2, -0.15) is 0 Å². The van der Waals surface area contributed by atoms with E-state index in [1.54, 1.807) is 18.2 Å². The van der Waals surface area contributed by atoms with E-state index in [0.29, 0.717) is 69.1 Å². The lowest BCUT2D eigenvalue weighted by Crippen LogP contribution is -2.38. The average molecular weight is 450 g/mol. The Labute approximate surface area is 189 Å². The first kappa shape index (κ1) is 18.0. The van der Waals surface area contributed by atoms with Crippen LogP contribution in [0.5, 0.6) is 0 Å². The second-order valence-electron chi connectivity index (χ2n) is 8.46. The first-order chi connectivity index (χ1) is 16.5. The molecule has 0 saturated heterocycles. The van der Waals surface area contributed by atoms with Crippen LogP contribution in [0.25, 0.3) is 21.5 Å². The molecule has 3 aliphatic rings. The van der Waals surface area contributed by atoms with Crippen molar-refractivity contribution >= 4 is 52.4 Å². The van der Waals surface area contributed by atoms with Crippen molar-refractivity contribution in [1.82, 2.24) is 8.96 Å². The van der Waals surface area contributed by atoms with E-state index in [2.05, 4.69) is 4.99 Å². The van der Waals surface area contributed by atoms with Gasteiger partial charge in [-0.25, -0.2) is 33.1 Å². The fraction of sp³-hybridized carbons (Fsp3) is 0. The maximum Gasteiger partial charge on any atom is 0.371 e. The summed E-state index contributed by atoms with van der Waals surface area (Å²) in [5.74, 6) is 0.549. The zero-order valence-electron chi connectivity index (χ0n) is 17.2. The van der Waals surface area contributed by atoms with Gasteiger partial charge in [0.25, 0.3) is 0 Å².